The van der Waals surface area contributed by atoms with E-state index in [1.54, 1.807) is 12.1 Å². The van der Waals surface area contributed by atoms with Gasteiger partial charge in [0.25, 0.3) is 5.91 Å². The fraction of sp³-hybridized carbons (Fsp3) is 0.350. The molecule has 0 radical (unpaired) electrons. The van der Waals surface area contributed by atoms with Crippen molar-refractivity contribution in [3.8, 4) is 11.5 Å². The third kappa shape index (κ3) is 4.94. The highest BCUT2D eigenvalue weighted by Gasteiger charge is 2.35. The number of halogens is 1. The minimum absolute atomic E-state index is 0.129. The second-order valence-corrected chi connectivity index (χ2v) is 9.19. The molecule has 1 amide bonds. The van der Waals surface area contributed by atoms with Crippen LogP contribution in [0.2, 0.25) is 5.02 Å². The van der Waals surface area contributed by atoms with Crippen LogP contribution in [0.4, 0.5) is 5.69 Å². The van der Waals surface area contributed by atoms with Gasteiger partial charge in [0.2, 0.25) is 10.0 Å². The minimum Gasteiger partial charge on any atom is -0.491 e. The lowest BCUT2D eigenvalue weighted by molar-refractivity contribution is -0.127. The number of ether oxygens (including phenoxy) is 2. The van der Waals surface area contributed by atoms with Crippen LogP contribution in [0.5, 0.6) is 11.5 Å². The van der Waals surface area contributed by atoms with Gasteiger partial charge in [-0.1, -0.05) is 23.7 Å². The van der Waals surface area contributed by atoms with Gasteiger partial charge in [-0.15, -0.1) is 0 Å². The van der Waals surface area contributed by atoms with Gasteiger partial charge >= 0.3 is 0 Å². The molecule has 2 aromatic carbocycles. The van der Waals surface area contributed by atoms with Crippen molar-refractivity contribution in [3.63, 3.8) is 0 Å². The molecule has 0 aromatic heterocycles. The van der Waals surface area contributed by atoms with E-state index in [0.717, 1.165) is 27.4 Å². The second kappa shape index (κ2) is 8.51. The summed E-state index contributed by atoms with van der Waals surface area (Å²) in [6.07, 6.45) is 0.106. The number of sulfonamides is 1. The van der Waals surface area contributed by atoms with E-state index in [2.05, 4.69) is 5.32 Å². The molecule has 0 aliphatic carbocycles. The lowest BCUT2D eigenvalue weighted by Gasteiger charge is -2.34. The monoisotopic (exact) mass is 438 g/mol. The van der Waals surface area contributed by atoms with Crippen molar-refractivity contribution in [2.45, 2.75) is 20.0 Å². The summed E-state index contributed by atoms with van der Waals surface area (Å²) in [6, 6.07) is 10.4. The lowest BCUT2D eigenvalue weighted by atomic mass is 10.1. The Morgan fingerprint density at radius 3 is 2.79 bits per heavy atom. The van der Waals surface area contributed by atoms with E-state index in [0.29, 0.717) is 10.7 Å². The summed E-state index contributed by atoms with van der Waals surface area (Å²) in [5, 5.41) is 3.12. The van der Waals surface area contributed by atoms with Gasteiger partial charge in [-0.25, -0.2) is 8.42 Å². The molecule has 3 rings (SSSR count). The molecule has 1 atom stereocenters. The molecule has 0 saturated heterocycles. The van der Waals surface area contributed by atoms with Gasteiger partial charge in [0.15, 0.2) is 6.10 Å². The standard InChI is InChI=1S/C20H23ClN2O5S/c1-13-5-4-6-17(14(13)2)27-10-9-22-20(24)19-12-23(29(3,25)26)16-11-15(21)7-8-18(16)28-19/h4-8,11,19H,9-10,12H2,1-3H3,(H,22,24)/t19-/m0/s1. The number of anilines is 1. The number of fused-ring (bicyclic) bond motifs is 1. The molecule has 1 aliphatic rings. The van der Waals surface area contributed by atoms with Crippen LogP contribution in [0.3, 0.4) is 0 Å². The molecule has 1 N–H and O–H groups in total. The molecule has 9 heteroatoms. The number of carbonyl (C=O) groups excluding carboxylic acids is 1. The Bertz CT molecular complexity index is 1030. The quantitative estimate of drug-likeness (QED) is 0.701. The number of hydrogen-bond donors (Lipinski definition) is 1. The first kappa shape index (κ1) is 21.3. The molecule has 29 heavy (non-hydrogen) atoms. The number of nitrogens with zero attached hydrogens (tertiary/aromatic N) is 1. The van der Waals surface area contributed by atoms with Crippen LogP contribution in [-0.4, -0.2) is 46.4 Å². The number of benzene rings is 2. The highest BCUT2D eigenvalue weighted by atomic mass is 35.5. The van der Waals surface area contributed by atoms with E-state index >= 15 is 0 Å². The fourth-order valence-corrected chi connectivity index (χ4v) is 4.08. The van der Waals surface area contributed by atoms with Gasteiger partial charge in [0.05, 0.1) is 25.0 Å². The highest BCUT2D eigenvalue weighted by Crippen LogP contribution is 2.37. The molecular weight excluding hydrogens is 416 g/mol. The van der Waals surface area contributed by atoms with E-state index < -0.39 is 22.0 Å². The summed E-state index contributed by atoms with van der Waals surface area (Å²) in [7, 11) is -3.60. The summed E-state index contributed by atoms with van der Waals surface area (Å²) in [6.45, 7) is 4.39. The third-order valence-corrected chi connectivity index (χ3v) is 6.08. The Kier molecular flexibility index (Phi) is 6.24. The molecule has 7 nitrogen and oxygen atoms in total. The van der Waals surface area contributed by atoms with Gasteiger partial charge in [-0.2, -0.15) is 0 Å². The Morgan fingerprint density at radius 1 is 1.31 bits per heavy atom. The maximum atomic E-state index is 12.5. The molecule has 1 aliphatic heterocycles. The van der Waals surface area contributed by atoms with Crippen LogP contribution in [0.25, 0.3) is 0 Å². The third-order valence-electron chi connectivity index (χ3n) is 4.70. The molecule has 1 heterocycles. The lowest BCUT2D eigenvalue weighted by Crippen LogP contribution is -2.51. The molecule has 0 unspecified atom stereocenters. The summed E-state index contributed by atoms with van der Waals surface area (Å²) in [5.41, 5.74) is 2.50. The van der Waals surface area contributed by atoms with E-state index in [4.69, 9.17) is 21.1 Å². The van der Waals surface area contributed by atoms with Gasteiger partial charge in [-0.05, 0) is 49.2 Å². The van der Waals surface area contributed by atoms with Crippen LogP contribution in [0, 0.1) is 13.8 Å². The van der Waals surface area contributed by atoms with Crippen LogP contribution < -0.4 is 19.1 Å². The number of rotatable bonds is 6. The first-order chi connectivity index (χ1) is 13.7. The van der Waals surface area contributed by atoms with Crippen molar-refractivity contribution < 1.29 is 22.7 Å². The van der Waals surface area contributed by atoms with Crippen molar-refractivity contribution >= 4 is 33.2 Å². The van der Waals surface area contributed by atoms with Crippen molar-refractivity contribution in [2.75, 3.05) is 30.3 Å². The molecule has 2 aromatic rings. The smallest absolute Gasteiger partial charge is 0.263 e. The molecule has 0 bridgehead atoms. The average Bonchev–Trinajstić information content (AvgIpc) is 2.66. The summed E-state index contributed by atoms with van der Waals surface area (Å²) in [4.78, 5) is 12.5. The van der Waals surface area contributed by atoms with Gasteiger partial charge in [0, 0.05) is 5.02 Å². The van der Waals surface area contributed by atoms with E-state index in [9.17, 15) is 13.2 Å². The number of hydrogen-bond acceptors (Lipinski definition) is 5. The number of amides is 1. The van der Waals surface area contributed by atoms with Gasteiger partial charge in [-0.3, -0.25) is 9.10 Å². The fourth-order valence-electron chi connectivity index (χ4n) is 3.00. The maximum absolute atomic E-state index is 12.5. The zero-order valence-corrected chi connectivity index (χ0v) is 18.0. The van der Waals surface area contributed by atoms with E-state index in [1.807, 2.05) is 32.0 Å². The summed E-state index contributed by atoms with van der Waals surface area (Å²) in [5.74, 6) is 0.642. The number of carbonyl (C=O) groups is 1. The first-order valence-electron chi connectivity index (χ1n) is 9.07. The maximum Gasteiger partial charge on any atom is 0.263 e. The molecule has 0 fully saturated rings. The minimum atomic E-state index is -3.60. The topological polar surface area (TPSA) is 84.9 Å². The van der Waals surface area contributed by atoms with Crippen molar-refractivity contribution in [2.24, 2.45) is 0 Å². The van der Waals surface area contributed by atoms with Crippen LogP contribution in [0.15, 0.2) is 36.4 Å². The molecular formula is C20H23ClN2O5S. The average molecular weight is 439 g/mol. The van der Waals surface area contributed by atoms with Crippen LogP contribution >= 0.6 is 11.6 Å². The molecule has 156 valence electrons. The SMILES string of the molecule is Cc1cccc(OCCNC(=O)[C@@H]2CN(S(C)(=O)=O)c3cc(Cl)ccc3O2)c1C. The molecule has 0 saturated carbocycles. The van der Waals surface area contributed by atoms with Crippen molar-refractivity contribution in [1.29, 1.82) is 0 Å². The highest BCUT2D eigenvalue weighted by molar-refractivity contribution is 7.92. The van der Waals surface area contributed by atoms with Crippen LogP contribution in [-0.2, 0) is 14.8 Å². The Labute approximate surface area is 175 Å². The Morgan fingerprint density at radius 2 is 2.07 bits per heavy atom. The van der Waals surface area contributed by atoms with Gasteiger partial charge < -0.3 is 14.8 Å². The predicted molar refractivity (Wildman–Crippen MR) is 112 cm³/mol. The van der Waals surface area contributed by atoms with E-state index in [-0.39, 0.29) is 25.4 Å². The summed E-state index contributed by atoms with van der Waals surface area (Å²) < 4.78 is 36.9. The van der Waals surface area contributed by atoms with Crippen LogP contribution in [0.1, 0.15) is 11.1 Å². The zero-order valence-electron chi connectivity index (χ0n) is 16.4. The van der Waals surface area contributed by atoms with Crippen molar-refractivity contribution in [1.82, 2.24) is 5.32 Å². The molecule has 0 spiro atoms. The zero-order chi connectivity index (χ0) is 21.2. The Balaban J connectivity index is 1.62. The second-order valence-electron chi connectivity index (χ2n) is 6.85. The summed E-state index contributed by atoms with van der Waals surface area (Å²) >= 11 is 5.98. The number of aryl methyl sites for hydroxylation is 1. The normalized spacial score (nSPS) is 16.0. The predicted octanol–water partition coefficient (Wildman–Crippen LogP) is 2.68. The van der Waals surface area contributed by atoms with Crippen molar-refractivity contribution in [3.05, 3.63) is 52.5 Å². The van der Waals surface area contributed by atoms with E-state index in [1.165, 1.54) is 6.07 Å². The largest absolute Gasteiger partial charge is 0.491 e. The number of nitrogens with one attached hydrogen (secondary N) is 1. The van der Waals surface area contributed by atoms with Gasteiger partial charge in [0.1, 0.15) is 18.1 Å². The Hall–Kier alpha value is -2.45. The first-order valence-corrected chi connectivity index (χ1v) is 11.3.